The Bertz CT molecular complexity index is 1200. The molecule has 1 aromatic carbocycles. The lowest BCUT2D eigenvalue weighted by atomic mass is 10.1. The molecule has 4 rings (SSSR count). The number of carbonyl (C=O) groups excluding carboxylic acids is 1. The van der Waals surface area contributed by atoms with Gasteiger partial charge in [-0.05, 0) is 36.0 Å². The van der Waals surface area contributed by atoms with E-state index >= 15 is 0 Å². The Kier molecular flexibility index (Phi) is 5.76. The molecule has 0 aliphatic carbocycles. The Hall–Kier alpha value is -3.65. The first kappa shape index (κ1) is 19.7. The van der Waals surface area contributed by atoms with Gasteiger partial charge in [-0.2, -0.15) is 5.10 Å². The van der Waals surface area contributed by atoms with Gasteiger partial charge in [0.1, 0.15) is 5.82 Å². The molecule has 0 amide bonds. The highest BCUT2D eigenvalue weighted by atomic mass is 32.1. The molecule has 0 atom stereocenters. The van der Waals surface area contributed by atoms with Gasteiger partial charge in [0, 0.05) is 37.0 Å². The third kappa shape index (κ3) is 4.84. The summed E-state index contributed by atoms with van der Waals surface area (Å²) < 4.78 is 1.74. The lowest BCUT2D eigenvalue weighted by molar-refractivity contribution is -0.117. The quantitative estimate of drug-likeness (QED) is 0.467. The number of Topliss-reactive ketones (excluding diaryl/α,β-unsaturated/α-hetero) is 1. The first-order valence-electron chi connectivity index (χ1n) is 9.43. The molecule has 4 aromatic rings. The van der Waals surface area contributed by atoms with E-state index in [0.29, 0.717) is 17.4 Å². The van der Waals surface area contributed by atoms with E-state index in [1.807, 2.05) is 55.7 Å². The summed E-state index contributed by atoms with van der Waals surface area (Å²) in [4.78, 5) is 21.2. The molecule has 30 heavy (non-hydrogen) atoms. The van der Waals surface area contributed by atoms with E-state index in [-0.39, 0.29) is 12.3 Å². The predicted molar refractivity (Wildman–Crippen MR) is 121 cm³/mol. The fraction of sp³-hybridized carbons (Fsp3) is 0.136. The Balaban J connectivity index is 1.39. The van der Waals surface area contributed by atoms with Gasteiger partial charge in [-0.3, -0.25) is 14.5 Å². The lowest BCUT2D eigenvalue weighted by Crippen LogP contribution is -2.33. The van der Waals surface area contributed by atoms with Crippen LogP contribution in [0.3, 0.4) is 0 Å². The Morgan fingerprint density at radius 1 is 1.07 bits per heavy atom. The van der Waals surface area contributed by atoms with E-state index in [2.05, 4.69) is 25.7 Å². The molecule has 0 saturated heterocycles. The number of thiocarbonyl (C=S) groups is 1. The van der Waals surface area contributed by atoms with Crippen LogP contribution in [0.15, 0.2) is 67.1 Å². The van der Waals surface area contributed by atoms with E-state index in [9.17, 15) is 4.79 Å². The van der Waals surface area contributed by atoms with Crippen LogP contribution in [0.5, 0.6) is 0 Å². The molecule has 7 nitrogen and oxygen atoms in total. The highest BCUT2D eigenvalue weighted by molar-refractivity contribution is 7.80. The van der Waals surface area contributed by atoms with E-state index in [0.717, 1.165) is 27.7 Å². The second-order valence-electron chi connectivity index (χ2n) is 6.87. The second-order valence-corrected chi connectivity index (χ2v) is 7.28. The first-order chi connectivity index (χ1) is 14.6. The number of anilines is 1. The molecule has 8 heteroatoms. The van der Waals surface area contributed by atoms with Crippen LogP contribution in [0.4, 0.5) is 5.82 Å². The Morgan fingerprint density at radius 3 is 2.67 bits per heavy atom. The Labute approximate surface area is 179 Å². The maximum atomic E-state index is 12.1. The molecule has 2 N–H and O–H groups in total. The van der Waals surface area contributed by atoms with E-state index in [1.165, 1.54) is 0 Å². The van der Waals surface area contributed by atoms with Gasteiger partial charge in [-0.25, -0.2) is 4.98 Å². The molecule has 0 radical (unpaired) electrons. The molecule has 0 saturated carbocycles. The van der Waals surface area contributed by atoms with Crippen LogP contribution in [-0.2, 0) is 18.3 Å². The van der Waals surface area contributed by atoms with Crippen molar-refractivity contribution in [3.63, 3.8) is 0 Å². The van der Waals surface area contributed by atoms with Crippen LogP contribution in [-0.4, -0.2) is 37.2 Å². The third-order valence-corrected chi connectivity index (χ3v) is 4.75. The molecule has 0 unspecified atom stereocenters. The molecule has 0 spiro atoms. The first-order valence-corrected chi connectivity index (χ1v) is 9.84. The molecule has 0 fully saturated rings. The zero-order chi connectivity index (χ0) is 20.9. The van der Waals surface area contributed by atoms with Crippen molar-refractivity contribution in [3.8, 4) is 11.1 Å². The third-order valence-electron chi connectivity index (χ3n) is 4.51. The predicted octanol–water partition coefficient (Wildman–Crippen LogP) is 3.13. The number of nitrogens with zero attached hydrogens (tertiary/aromatic N) is 4. The summed E-state index contributed by atoms with van der Waals surface area (Å²) in [6.45, 7) is 0.154. The number of pyridine rings is 2. The second kappa shape index (κ2) is 8.79. The minimum atomic E-state index is 0.0575. The molecular formula is C22H20N6OS. The zero-order valence-corrected chi connectivity index (χ0v) is 17.2. The fourth-order valence-electron chi connectivity index (χ4n) is 3.03. The molecule has 150 valence electrons. The molecular weight excluding hydrogens is 396 g/mol. The number of ketones is 1. The number of carbonyl (C=O) groups is 1. The SMILES string of the molecule is Cn1cc(-c2cnc3ccc(NC(=S)NCC(=O)Cc4ccccc4)nc3c2)cn1. The number of hydrogen-bond donors (Lipinski definition) is 2. The Morgan fingerprint density at radius 2 is 1.90 bits per heavy atom. The molecule has 0 aliphatic rings. The van der Waals surface area contributed by atoms with Crippen molar-refractivity contribution in [3.05, 3.63) is 72.7 Å². The molecule has 0 aliphatic heterocycles. The number of nitrogens with one attached hydrogen (secondary N) is 2. The van der Waals surface area contributed by atoms with Crippen molar-refractivity contribution in [1.82, 2.24) is 25.1 Å². The number of hydrogen-bond acceptors (Lipinski definition) is 5. The normalized spacial score (nSPS) is 10.7. The van der Waals surface area contributed by atoms with Crippen LogP contribution in [0.2, 0.25) is 0 Å². The largest absolute Gasteiger partial charge is 0.355 e. The summed E-state index contributed by atoms with van der Waals surface area (Å²) in [5.74, 6) is 0.641. The monoisotopic (exact) mass is 416 g/mol. The minimum absolute atomic E-state index is 0.0575. The molecule has 0 bridgehead atoms. The summed E-state index contributed by atoms with van der Waals surface area (Å²) in [6, 6.07) is 15.3. The van der Waals surface area contributed by atoms with E-state index in [1.54, 1.807) is 23.1 Å². The summed E-state index contributed by atoms with van der Waals surface area (Å²) in [6.07, 6.45) is 5.89. The van der Waals surface area contributed by atoms with E-state index < -0.39 is 0 Å². The average molecular weight is 417 g/mol. The standard InChI is InChI=1S/C22H20N6OS/c1-28-14-17(12-25-28)16-10-20-19(23-11-16)7-8-21(26-20)27-22(30)24-13-18(29)9-15-5-3-2-4-6-15/h2-8,10-12,14H,9,13H2,1H3,(H2,24,26,27,30). The number of aryl methyl sites for hydroxylation is 1. The van der Waals surface area contributed by atoms with Gasteiger partial charge in [0.2, 0.25) is 0 Å². The maximum Gasteiger partial charge on any atom is 0.172 e. The van der Waals surface area contributed by atoms with Gasteiger partial charge in [-0.1, -0.05) is 30.3 Å². The van der Waals surface area contributed by atoms with Gasteiger partial charge >= 0.3 is 0 Å². The summed E-state index contributed by atoms with van der Waals surface area (Å²) >= 11 is 5.31. The average Bonchev–Trinajstić information content (AvgIpc) is 3.19. The van der Waals surface area contributed by atoms with Gasteiger partial charge in [0.25, 0.3) is 0 Å². The smallest absolute Gasteiger partial charge is 0.172 e. The number of aromatic nitrogens is 4. The number of rotatable bonds is 6. The zero-order valence-electron chi connectivity index (χ0n) is 16.4. The number of benzene rings is 1. The van der Waals surface area contributed by atoms with Crippen LogP contribution >= 0.6 is 12.2 Å². The van der Waals surface area contributed by atoms with Crippen LogP contribution in [0.1, 0.15) is 5.56 Å². The van der Waals surface area contributed by atoms with Crippen LogP contribution < -0.4 is 10.6 Å². The van der Waals surface area contributed by atoms with Crippen molar-refractivity contribution in [2.45, 2.75) is 6.42 Å². The van der Waals surface area contributed by atoms with Crippen molar-refractivity contribution >= 4 is 40.0 Å². The summed E-state index contributed by atoms with van der Waals surface area (Å²) in [5.41, 5.74) is 4.42. The van der Waals surface area contributed by atoms with Crippen LogP contribution in [0, 0.1) is 0 Å². The van der Waals surface area contributed by atoms with Crippen molar-refractivity contribution < 1.29 is 4.79 Å². The van der Waals surface area contributed by atoms with Crippen molar-refractivity contribution in [2.75, 3.05) is 11.9 Å². The maximum absolute atomic E-state index is 12.1. The lowest BCUT2D eigenvalue weighted by Gasteiger charge is -2.10. The van der Waals surface area contributed by atoms with Gasteiger partial charge in [0.15, 0.2) is 10.9 Å². The van der Waals surface area contributed by atoms with Crippen molar-refractivity contribution in [2.24, 2.45) is 7.05 Å². The molecule has 3 heterocycles. The van der Waals surface area contributed by atoms with Gasteiger partial charge < -0.3 is 10.6 Å². The highest BCUT2D eigenvalue weighted by Crippen LogP contribution is 2.22. The topological polar surface area (TPSA) is 84.7 Å². The summed E-state index contributed by atoms with van der Waals surface area (Å²) in [7, 11) is 1.87. The summed E-state index contributed by atoms with van der Waals surface area (Å²) in [5, 5.41) is 10.5. The van der Waals surface area contributed by atoms with Crippen LogP contribution in [0.25, 0.3) is 22.2 Å². The fourth-order valence-corrected chi connectivity index (χ4v) is 3.21. The molecule has 3 aromatic heterocycles. The minimum Gasteiger partial charge on any atom is -0.355 e. The van der Waals surface area contributed by atoms with Gasteiger partial charge in [-0.15, -0.1) is 0 Å². The highest BCUT2D eigenvalue weighted by Gasteiger charge is 2.08. The van der Waals surface area contributed by atoms with Gasteiger partial charge in [0.05, 0.1) is 23.8 Å². The number of fused-ring (bicyclic) bond motifs is 1. The van der Waals surface area contributed by atoms with E-state index in [4.69, 9.17) is 12.2 Å². The van der Waals surface area contributed by atoms with Crippen molar-refractivity contribution in [1.29, 1.82) is 0 Å².